The van der Waals surface area contributed by atoms with Gasteiger partial charge in [-0.3, -0.25) is 0 Å². The van der Waals surface area contributed by atoms with Crippen molar-refractivity contribution in [3.05, 3.63) is 34.3 Å². The van der Waals surface area contributed by atoms with Gasteiger partial charge in [0.15, 0.2) is 5.84 Å². The van der Waals surface area contributed by atoms with Crippen LogP contribution in [-0.2, 0) is 6.54 Å². The second-order valence-electron chi connectivity index (χ2n) is 5.76. The molecule has 2 rings (SSSR count). The van der Waals surface area contributed by atoms with Crippen LogP contribution in [0.3, 0.4) is 0 Å². The van der Waals surface area contributed by atoms with E-state index in [1.54, 1.807) is 6.07 Å². The number of nitrogens with one attached hydrogen (secondary N) is 1. The van der Waals surface area contributed by atoms with E-state index in [4.69, 9.17) is 22.5 Å². The summed E-state index contributed by atoms with van der Waals surface area (Å²) in [5, 5.41) is 15.7. The molecule has 116 valence electrons. The predicted molar refractivity (Wildman–Crippen MR) is 86.9 cm³/mol. The summed E-state index contributed by atoms with van der Waals surface area (Å²) in [7, 11) is 0. The van der Waals surface area contributed by atoms with Crippen molar-refractivity contribution in [2.45, 2.75) is 45.1 Å². The van der Waals surface area contributed by atoms with E-state index >= 15 is 0 Å². The van der Waals surface area contributed by atoms with E-state index < -0.39 is 0 Å². The van der Waals surface area contributed by atoms with Crippen LogP contribution in [0.2, 0.25) is 5.02 Å². The third kappa shape index (κ3) is 4.90. The predicted octanol–water partition coefficient (Wildman–Crippen LogP) is 3.49. The highest BCUT2D eigenvalue weighted by Gasteiger charge is 2.12. The van der Waals surface area contributed by atoms with Crippen molar-refractivity contribution < 1.29 is 5.21 Å². The summed E-state index contributed by atoms with van der Waals surface area (Å²) < 4.78 is 0. The number of rotatable bonds is 6. The molecular weight excluding hydrogens is 286 g/mol. The molecule has 1 aliphatic carbocycles. The second-order valence-corrected chi connectivity index (χ2v) is 6.17. The Morgan fingerprint density at radius 1 is 1.33 bits per heavy atom. The third-order valence-electron chi connectivity index (χ3n) is 4.23. The first-order chi connectivity index (χ1) is 10.2. The highest BCUT2D eigenvalue weighted by atomic mass is 35.5. The van der Waals surface area contributed by atoms with Crippen LogP contribution in [0, 0.1) is 5.92 Å². The fraction of sp³-hybridized carbons (Fsp3) is 0.562. The van der Waals surface area contributed by atoms with Crippen LogP contribution in [0.1, 0.15) is 49.7 Å². The van der Waals surface area contributed by atoms with E-state index in [9.17, 15) is 0 Å². The summed E-state index contributed by atoms with van der Waals surface area (Å²) in [6, 6.07) is 5.47. The summed E-state index contributed by atoms with van der Waals surface area (Å²) in [6.45, 7) is 1.78. The molecule has 4 nitrogen and oxygen atoms in total. The highest BCUT2D eigenvalue weighted by Crippen LogP contribution is 2.25. The minimum atomic E-state index is 0.0775. The molecule has 5 heteroatoms. The summed E-state index contributed by atoms with van der Waals surface area (Å²) in [5.74, 6) is 0.971. The number of oxime groups is 1. The summed E-state index contributed by atoms with van der Waals surface area (Å²) in [5.41, 5.74) is 7.21. The number of hydrogen-bond acceptors (Lipinski definition) is 3. The lowest BCUT2D eigenvalue weighted by atomic mass is 9.87. The van der Waals surface area contributed by atoms with Crippen LogP contribution in [-0.4, -0.2) is 17.6 Å². The number of nitrogens with zero attached hydrogens (tertiary/aromatic N) is 1. The van der Waals surface area contributed by atoms with Gasteiger partial charge < -0.3 is 16.3 Å². The van der Waals surface area contributed by atoms with Gasteiger partial charge >= 0.3 is 0 Å². The van der Waals surface area contributed by atoms with Gasteiger partial charge in [-0.2, -0.15) is 0 Å². The maximum absolute atomic E-state index is 8.65. The Hall–Kier alpha value is -1.26. The zero-order valence-electron chi connectivity index (χ0n) is 12.3. The van der Waals surface area contributed by atoms with Crippen molar-refractivity contribution in [1.29, 1.82) is 0 Å². The summed E-state index contributed by atoms with van der Waals surface area (Å²) in [6.07, 6.45) is 8.22. The molecule has 21 heavy (non-hydrogen) atoms. The van der Waals surface area contributed by atoms with Crippen LogP contribution in [0.5, 0.6) is 0 Å². The van der Waals surface area contributed by atoms with Crippen LogP contribution < -0.4 is 11.1 Å². The second kappa shape index (κ2) is 8.25. The number of halogens is 1. The van der Waals surface area contributed by atoms with Crippen LogP contribution in [0.4, 0.5) is 0 Å². The minimum Gasteiger partial charge on any atom is -0.409 e. The summed E-state index contributed by atoms with van der Waals surface area (Å²) >= 11 is 6.23. The normalized spacial score (nSPS) is 17.1. The third-order valence-corrected chi connectivity index (χ3v) is 4.58. The molecule has 1 fully saturated rings. The van der Waals surface area contributed by atoms with Gasteiger partial charge in [0.25, 0.3) is 0 Å². The lowest BCUT2D eigenvalue weighted by Crippen LogP contribution is -2.19. The van der Waals surface area contributed by atoms with Crippen molar-refractivity contribution in [1.82, 2.24) is 5.32 Å². The van der Waals surface area contributed by atoms with Gasteiger partial charge in [0, 0.05) is 17.1 Å². The molecule has 1 aliphatic rings. The van der Waals surface area contributed by atoms with Gasteiger partial charge in [0.2, 0.25) is 0 Å². The topological polar surface area (TPSA) is 70.6 Å². The largest absolute Gasteiger partial charge is 0.409 e. The van der Waals surface area contributed by atoms with Gasteiger partial charge in [0.1, 0.15) is 0 Å². The first kappa shape index (κ1) is 16.1. The molecule has 0 aromatic heterocycles. The summed E-state index contributed by atoms with van der Waals surface area (Å²) in [4.78, 5) is 0. The Morgan fingerprint density at radius 2 is 2.10 bits per heavy atom. The van der Waals surface area contributed by atoms with E-state index in [2.05, 4.69) is 10.5 Å². The van der Waals surface area contributed by atoms with Crippen molar-refractivity contribution in [3.63, 3.8) is 0 Å². The molecule has 0 amide bonds. The van der Waals surface area contributed by atoms with Crippen molar-refractivity contribution in [3.8, 4) is 0 Å². The average molecular weight is 310 g/mol. The number of benzene rings is 1. The van der Waals surface area contributed by atoms with E-state index in [-0.39, 0.29) is 5.84 Å². The van der Waals surface area contributed by atoms with E-state index in [1.165, 1.54) is 38.5 Å². The molecule has 4 N–H and O–H groups in total. The molecule has 1 aromatic carbocycles. The van der Waals surface area contributed by atoms with Gasteiger partial charge in [-0.25, -0.2) is 0 Å². The molecule has 0 saturated heterocycles. The van der Waals surface area contributed by atoms with Crippen molar-refractivity contribution in [2.24, 2.45) is 16.8 Å². The van der Waals surface area contributed by atoms with Gasteiger partial charge in [-0.1, -0.05) is 61.0 Å². The zero-order chi connectivity index (χ0) is 15.1. The van der Waals surface area contributed by atoms with Crippen LogP contribution in [0.25, 0.3) is 0 Å². The van der Waals surface area contributed by atoms with Gasteiger partial charge in [0.05, 0.1) is 0 Å². The molecular formula is C16H24ClN3O. The molecule has 0 heterocycles. The van der Waals surface area contributed by atoms with Gasteiger partial charge in [-0.05, 0) is 30.5 Å². The Balaban J connectivity index is 1.77. The highest BCUT2D eigenvalue weighted by molar-refractivity contribution is 6.31. The molecule has 0 aliphatic heterocycles. The SMILES string of the molecule is N/C(=N/O)c1ccc(CNCCC2CCCCC2)c(Cl)c1. The molecule has 1 saturated carbocycles. The van der Waals surface area contributed by atoms with E-state index in [0.717, 1.165) is 24.6 Å². The lowest BCUT2D eigenvalue weighted by molar-refractivity contribution is 0.318. The Labute approximate surface area is 131 Å². The standard InChI is InChI=1S/C16H24ClN3O/c17-15-10-13(16(18)20-21)6-7-14(15)11-19-9-8-12-4-2-1-3-5-12/h6-7,10,12,19,21H,1-5,8-9,11H2,(H2,18,20). The van der Waals surface area contributed by atoms with Gasteiger partial charge in [-0.15, -0.1) is 0 Å². The maximum atomic E-state index is 8.65. The zero-order valence-corrected chi connectivity index (χ0v) is 13.1. The van der Waals surface area contributed by atoms with Crippen molar-refractivity contribution >= 4 is 17.4 Å². The average Bonchev–Trinajstić information content (AvgIpc) is 2.53. The molecule has 0 atom stereocenters. The van der Waals surface area contributed by atoms with E-state index in [1.807, 2.05) is 12.1 Å². The Morgan fingerprint density at radius 3 is 2.76 bits per heavy atom. The minimum absolute atomic E-state index is 0.0775. The van der Waals surface area contributed by atoms with Crippen LogP contribution >= 0.6 is 11.6 Å². The monoisotopic (exact) mass is 309 g/mol. The molecule has 0 spiro atoms. The lowest BCUT2D eigenvalue weighted by Gasteiger charge is -2.21. The first-order valence-corrected chi connectivity index (χ1v) is 8.05. The quantitative estimate of drug-likeness (QED) is 0.248. The maximum Gasteiger partial charge on any atom is 0.170 e. The Kier molecular flexibility index (Phi) is 6.33. The smallest absolute Gasteiger partial charge is 0.170 e. The number of hydrogen-bond donors (Lipinski definition) is 3. The number of nitrogens with two attached hydrogens (primary N) is 1. The number of amidine groups is 1. The molecule has 0 radical (unpaired) electrons. The van der Waals surface area contributed by atoms with Crippen molar-refractivity contribution in [2.75, 3.05) is 6.54 Å². The first-order valence-electron chi connectivity index (χ1n) is 7.67. The molecule has 1 aromatic rings. The fourth-order valence-corrected chi connectivity index (χ4v) is 3.16. The van der Waals surface area contributed by atoms with E-state index in [0.29, 0.717) is 10.6 Å². The molecule has 0 unspecified atom stereocenters. The molecule has 0 bridgehead atoms. The Bertz CT molecular complexity index is 484. The fourth-order valence-electron chi connectivity index (χ4n) is 2.91. The van der Waals surface area contributed by atoms with Crippen LogP contribution in [0.15, 0.2) is 23.4 Å².